The SMILES string of the molecule is CSc1cc2oc(-c3cccc(-c4ccccc4)c3C#N)nc2cc1CN1CCC[C@H]1C(=O)O. The minimum Gasteiger partial charge on any atom is -0.480 e. The van der Waals surface area contributed by atoms with E-state index < -0.39 is 12.0 Å². The summed E-state index contributed by atoms with van der Waals surface area (Å²) in [6.45, 7) is 1.32. The Bertz CT molecular complexity index is 1410. The van der Waals surface area contributed by atoms with Gasteiger partial charge in [0.05, 0.1) is 11.1 Å². The first-order valence-electron chi connectivity index (χ1n) is 11.1. The second-order valence-corrected chi connectivity index (χ2v) is 9.17. The van der Waals surface area contributed by atoms with Gasteiger partial charge >= 0.3 is 5.97 Å². The molecule has 0 amide bonds. The molecule has 1 atom stereocenters. The first-order chi connectivity index (χ1) is 16.6. The van der Waals surface area contributed by atoms with Gasteiger partial charge in [0.1, 0.15) is 17.6 Å². The maximum atomic E-state index is 11.6. The van der Waals surface area contributed by atoms with Crippen molar-refractivity contribution in [1.82, 2.24) is 9.88 Å². The number of nitriles is 1. The van der Waals surface area contributed by atoms with Crippen molar-refractivity contribution >= 4 is 28.8 Å². The minimum atomic E-state index is -0.768. The van der Waals surface area contributed by atoms with Gasteiger partial charge in [0.25, 0.3) is 0 Å². The van der Waals surface area contributed by atoms with Crippen LogP contribution in [-0.4, -0.2) is 39.8 Å². The summed E-state index contributed by atoms with van der Waals surface area (Å²) in [5.74, 6) is -0.367. The lowest BCUT2D eigenvalue weighted by Crippen LogP contribution is -2.35. The number of likely N-dealkylation sites (tertiary alicyclic amines) is 1. The van der Waals surface area contributed by atoms with E-state index in [0.717, 1.165) is 34.6 Å². The van der Waals surface area contributed by atoms with Gasteiger partial charge in [-0.25, -0.2) is 4.98 Å². The standard InChI is InChI=1S/C27H23N3O3S/c1-34-25-14-24-22(13-18(25)16-30-12-6-11-23(30)27(31)32)29-26(33-24)20-10-5-9-19(21(20)15-28)17-7-3-2-4-8-17/h2-5,7-10,13-14,23H,6,11-12,16H2,1H3,(H,31,32)/t23-/m0/s1. The van der Waals surface area contributed by atoms with Crippen molar-refractivity contribution in [2.24, 2.45) is 0 Å². The molecular formula is C27H23N3O3S. The average Bonchev–Trinajstić information content (AvgIpc) is 3.50. The fraction of sp³-hybridized carbons (Fsp3) is 0.222. The molecule has 5 rings (SSSR count). The molecule has 0 spiro atoms. The van der Waals surface area contributed by atoms with Gasteiger partial charge in [-0.15, -0.1) is 11.8 Å². The molecule has 1 aliphatic heterocycles. The van der Waals surface area contributed by atoms with Gasteiger partial charge in [0.2, 0.25) is 5.89 Å². The summed E-state index contributed by atoms with van der Waals surface area (Å²) in [6.07, 6.45) is 3.56. The lowest BCUT2D eigenvalue weighted by Gasteiger charge is -2.22. The Morgan fingerprint density at radius 3 is 2.74 bits per heavy atom. The van der Waals surface area contributed by atoms with Crippen LogP contribution >= 0.6 is 11.8 Å². The van der Waals surface area contributed by atoms with Crippen LogP contribution in [-0.2, 0) is 11.3 Å². The van der Waals surface area contributed by atoms with Crippen LogP contribution in [0, 0.1) is 11.3 Å². The van der Waals surface area contributed by atoms with Gasteiger partial charge in [-0.05, 0) is 55.0 Å². The number of fused-ring (bicyclic) bond motifs is 1. The van der Waals surface area contributed by atoms with Crippen molar-refractivity contribution in [2.75, 3.05) is 12.8 Å². The highest BCUT2D eigenvalue weighted by Crippen LogP contribution is 2.35. The van der Waals surface area contributed by atoms with Crippen LogP contribution in [0.15, 0.2) is 70.0 Å². The maximum Gasteiger partial charge on any atom is 0.320 e. The Kier molecular flexibility index (Phi) is 6.10. The number of carboxylic acids is 1. The highest BCUT2D eigenvalue weighted by atomic mass is 32.2. The molecule has 0 saturated carbocycles. The molecule has 3 aromatic carbocycles. The second-order valence-electron chi connectivity index (χ2n) is 8.32. The van der Waals surface area contributed by atoms with E-state index >= 15 is 0 Å². The van der Waals surface area contributed by atoms with Crippen molar-refractivity contribution < 1.29 is 14.3 Å². The normalized spacial score (nSPS) is 16.1. The minimum absolute atomic E-state index is 0.401. The largest absolute Gasteiger partial charge is 0.480 e. The number of carbonyl (C=O) groups is 1. The fourth-order valence-corrected chi connectivity index (χ4v) is 5.26. The van der Waals surface area contributed by atoms with E-state index in [1.165, 1.54) is 0 Å². The molecule has 1 aliphatic rings. The molecule has 170 valence electrons. The third-order valence-electron chi connectivity index (χ3n) is 6.30. The fourth-order valence-electron chi connectivity index (χ4n) is 4.65. The lowest BCUT2D eigenvalue weighted by atomic mass is 9.96. The summed E-state index contributed by atoms with van der Waals surface area (Å²) in [6, 6.07) is 21.3. The van der Waals surface area contributed by atoms with Crippen LogP contribution in [0.3, 0.4) is 0 Å². The molecule has 2 heterocycles. The van der Waals surface area contributed by atoms with Crippen molar-refractivity contribution in [3.8, 4) is 28.7 Å². The Balaban J connectivity index is 1.56. The van der Waals surface area contributed by atoms with E-state index in [1.807, 2.05) is 71.8 Å². The van der Waals surface area contributed by atoms with E-state index in [9.17, 15) is 15.2 Å². The Morgan fingerprint density at radius 1 is 1.21 bits per heavy atom. The van der Waals surface area contributed by atoms with Crippen molar-refractivity contribution in [2.45, 2.75) is 30.3 Å². The van der Waals surface area contributed by atoms with E-state index in [4.69, 9.17) is 9.40 Å². The number of hydrogen-bond donors (Lipinski definition) is 1. The molecule has 1 aromatic heterocycles. The number of nitrogens with zero attached hydrogens (tertiary/aromatic N) is 3. The van der Waals surface area contributed by atoms with Crippen LogP contribution in [0.25, 0.3) is 33.7 Å². The zero-order valence-electron chi connectivity index (χ0n) is 18.7. The van der Waals surface area contributed by atoms with Crippen LogP contribution < -0.4 is 0 Å². The summed E-state index contributed by atoms with van der Waals surface area (Å²) >= 11 is 1.60. The number of aromatic nitrogens is 1. The molecule has 34 heavy (non-hydrogen) atoms. The Labute approximate surface area is 201 Å². The second kappa shape index (κ2) is 9.34. The summed E-state index contributed by atoms with van der Waals surface area (Å²) in [5, 5.41) is 19.5. The van der Waals surface area contributed by atoms with E-state index in [-0.39, 0.29) is 0 Å². The molecule has 4 aromatic rings. The van der Waals surface area contributed by atoms with Crippen LogP contribution in [0.2, 0.25) is 0 Å². The number of benzene rings is 3. The molecule has 7 heteroatoms. The average molecular weight is 470 g/mol. The van der Waals surface area contributed by atoms with Crippen LogP contribution in [0.1, 0.15) is 24.0 Å². The third-order valence-corrected chi connectivity index (χ3v) is 7.12. The monoisotopic (exact) mass is 469 g/mol. The van der Waals surface area contributed by atoms with Gasteiger partial charge in [-0.3, -0.25) is 9.69 Å². The summed E-state index contributed by atoms with van der Waals surface area (Å²) < 4.78 is 6.13. The van der Waals surface area contributed by atoms with Gasteiger partial charge in [-0.2, -0.15) is 5.26 Å². The predicted molar refractivity (Wildman–Crippen MR) is 132 cm³/mol. The Morgan fingerprint density at radius 2 is 2.00 bits per heavy atom. The van der Waals surface area contributed by atoms with Gasteiger partial charge in [-0.1, -0.05) is 42.5 Å². The quantitative estimate of drug-likeness (QED) is 0.357. The van der Waals surface area contributed by atoms with Crippen LogP contribution in [0.5, 0.6) is 0 Å². The Hall–Kier alpha value is -3.60. The van der Waals surface area contributed by atoms with E-state index in [2.05, 4.69) is 6.07 Å². The van der Waals surface area contributed by atoms with E-state index in [0.29, 0.717) is 41.1 Å². The molecule has 1 N–H and O–H groups in total. The molecule has 1 saturated heterocycles. The highest BCUT2D eigenvalue weighted by Gasteiger charge is 2.31. The molecule has 1 fully saturated rings. The highest BCUT2D eigenvalue weighted by molar-refractivity contribution is 7.98. The molecular weight excluding hydrogens is 446 g/mol. The van der Waals surface area contributed by atoms with Gasteiger partial charge in [0, 0.05) is 17.0 Å². The molecule has 0 radical (unpaired) electrons. The smallest absolute Gasteiger partial charge is 0.320 e. The molecule has 0 unspecified atom stereocenters. The first kappa shape index (κ1) is 22.2. The number of rotatable bonds is 6. The number of aliphatic carboxylic acids is 1. The predicted octanol–water partition coefficient (Wildman–Crippen LogP) is 5.80. The zero-order chi connectivity index (χ0) is 23.7. The topological polar surface area (TPSA) is 90.4 Å². The van der Waals surface area contributed by atoms with E-state index in [1.54, 1.807) is 11.8 Å². The lowest BCUT2D eigenvalue weighted by molar-refractivity contribution is -0.142. The molecule has 0 aliphatic carbocycles. The third kappa shape index (κ3) is 4.07. The van der Waals surface area contributed by atoms with Gasteiger partial charge < -0.3 is 9.52 Å². The van der Waals surface area contributed by atoms with Crippen LogP contribution in [0.4, 0.5) is 0 Å². The molecule has 6 nitrogen and oxygen atoms in total. The number of thioether (sulfide) groups is 1. The van der Waals surface area contributed by atoms with Crippen molar-refractivity contribution in [3.05, 3.63) is 71.8 Å². The zero-order valence-corrected chi connectivity index (χ0v) is 19.5. The molecule has 0 bridgehead atoms. The summed E-state index contributed by atoms with van der Waals surface area (Å²) in [4.78, 5) is 19.4. The number of hydrogen-bond acceptors (Lipinski definition) is 6. The van der Waals surface area contributed by atoms with Crippen molar-refractivity contribution in [3.63, 3.8) is 0 Å². The first-order valence-corrected chi connectivity index (χ1v) is 12.3. The number of oxazole rings is 1. The number of carboxylic acid groups (broad SMARTS) is 1. The van der Waals surface area contributed by atoms with Gasteiger partial charge in [0.15, 0.2) is 5.58 Å². The summed E-state index contributed by atoms with van der Waals surface area (Å²) in [7, 11) is 0. The van der Waals surface area contributed by atoms with Crippen molar-refractivity contribution in [1.29, 1.82) is 5.26 Å². The maximum absolute atomic E-state index is 11.6. The summed E-state index contributed by atoms with van der Waals surface area (Å²) in [5.41, 5.74) is 5.34.